The SMILES string of the molecule is C=C(COC(/C=C(\C)C(C)=O)C1(CC=O)SCCCS1)C(=O)OC. The molecule has 1 fully saturated rings. The Hall–Kier alpha value is -1.05. The van der Waals surface area contributed by atoms with Crippen molar-refractivity contribution in [3.63, 3.8) is 0 Å². The zero-order valence-electron chi connectivity index (χ0n) is 14.3. The second kappa shape index (κ2) is 10.1. The molecule has 0 aromatic carbocycles. The molecule has 0 spiro atoms. The highest BCUT2D eigenvalue weighted by molar-refractivity contribution is 8.18. The molecule has 1 atom stereocenters. The van der Waals surface area contributed by atoms with Crippen LogP contribution in [0, 0.1) is 0 Å². The summed E-state index contributed by atoms with van der Waals surface area (Å²) in [4.78, 5) is 34.4. The van der Waals surface area contributed by atoms with Gasteiger partial charge in [-0.1, -0.05) is 6.58 Å². The fraction of sp³-hybridized carbons (Fsp3) is 0.588. The zero-order valence-corrected chi connectivity index (χ0v) is 16.0. The van der Waals surface area contributed by atoms with Gasteiger partial charge in [0.05, 0.1) is 23.4 Å². The van der Waals surface area contributed by atoms with Crippen molar-refractivity contribution >= 4 is 41.6 Å². The fourth-order valence-corrected chi connectivity index (χ4v) is 5.40. The van der Waals surface area contributed by atoms with E-state index in [-0.39, 0.29) is 18.0 Å². The number of hydrogen-bond donors (Lipinski definition) is 0. The van der Waals surface area contributed by atoms with Crippen LogP contribution >= 0.6 is 23.5 Å². The van der Waals surface area contributed by atoms with E-state index in [0.29, 0.717) is 12.0 Å². The van der Waals surface area contributed by atoms with E-state index < -0.39 is 16.2 Å². The first-order chi connectivity index (χ1) is 11.4. The van der Waals surface area contributed by atoms with Crippen molar-refractivity contribution < 1.29 is 23.9 Å². The van der Waals surface area contributed by atoms with E-state index in [9.17, 15) is 14.4 Å². The van der Waals surface area contributed by atoms with Gasteiger partial charge in [-0.25, -0.2) is 4.79 Å². The molecule has 0 saturated carbocycles. The molecule has 0 amide bonds. The van der Waals surface area contributed by atoms with Gasteiger partial charge in [-0.2, -0.15) is 0 Å². The van der Waals surface area contributed by atoms with E-state index in [0.717, 1.165) is 24.2 Å². The highest BCUT2D eigenvalue weighted by atomic mass is 32.2. The second-order valence-electron chi connectivity index (χ2n) is 5.47. The van der Waals surface area contributed by atoms with Crippen LogP contribution in [-0.2, 0) is 23.9 Å². The summed E-state index contributed by atoms with van der Waals surface area (Å²) in [7, 11) is 1.28. The van der Waals surface area contributed by atoms with Gasteiger partial charge < -0.3 is 14.3 Å². The number of methoxy groups -OCH3 is 1. The molecule has 0 aromatic rings. The first-order valence-electron chi connectivity index (χ1n) is 7.65. The molecule has 134 valence electrons. The maximum atomic E-state index is 11.6. The molecule has 24 heavy (non-hydrogen) atoms. The van der Waals surface area contributed by atoms with Gasteiger partial charge in [-0.05, 0) is 43.4 Å². The Labute approximate surface area is 151 Å². The number of Topliss-reactive ketones (excluding diaryl/α,β-unsaturated/α-hetero) is 1. The molecule has 1 aliphatic heterocycles. The lowest BCUT2D eigenvalue weighted by Crippen LogP contribution is -2.40. The number of allylic oxidation sites excluding steroid dienone is 1. The molecule has 5 nitrogen and oxygen atoms in total. The number of thioether (sulfide) groups is 2. The topological polar surface area (TPSA) is 69.7 Å². The molecular weight excluding hydrogens is 348 g/mol. The Morgan fingerprint density at radius 3 is 2.42 bits per heavy atom. The van der Waals surface area contributed by atoms with E-state index >= 15 is 0 Å². The Bertz CT molecular complexity index is 521. The van der Waals surface area contributed by atoms with Gasteiger partial charge in [-0.15, -0.1) is 23.5 Å². The van der Waals surface area contributed by atoms with Crippen molar-refractivity contribution in [2.75, 3.05) is 25.2 Å². The summed E-state index contributed by atoms with van der Waals surface area (Å²) < 4.78 is 10.0. The molecule has 0 aromatic heterocycles. The van der Waals surface area contributed by atoms with Crippen LogP contribution in [-0.4, -0.2) is 53.4 Å². The predicted octanol–water partition coefficient (Wildman–Crippen LogP) is 2.79. The van der Waals surface area contributed by atoms with Gasteiger partial charge in [0.2, 0.25) is 0 Å². The minimum Gasteiger partial charge on any atom is -0.466 e. The van der Waals surface area contributed by atoms with E-state index in [1.807, 2.05) is 0 Å². The molecule has 0 aliphatic carbocycles. The van der Waals surface area contributed by atoms with Crippen molar-refractivity contribution in [3.05, 3.63) is 23.8 Å². The fourth-order valence-electron chi connectivity index (χ4n) is 2.14. The van der Waals surface area contributed by atoms with Gasteiger partial charge in [0.15, 0.2) is 5.78 Å². The monoisotopic (exact) mass is 372 g/mol. The van der Waals surface area contributed by atoms with Gasteiger partial charge in [0.25, 0.3) is 0 Å². The lowest BCUT2D eigenvalue weighted by molar-refractivity contribution is -0.137. The zero-order chi connectivity index (χ0) is 18.2. The first kappa shape index (κ1) is 21.0. The van der Waals surface area contributed by atoms with E-state index in [4.69, 9.17) is 4.74 Å². The Morgan fingerprint density at radius 1 is 1.29 bits per heavy atom. The predicted molar refractivity (Wildman–Crippen MR) is 98.3 cm³/mol. The van der Waals surface area contributed by atoms with Crippen LogP contribution in [0.3, 0.4) is 0 Å². The van der Waals surface area contributed by atoms with Crippen LogP contribution in [0.4, 0.5) is 0 Å². The number of ketones is 1. The van der Waals surface area contributed by atoms with E-state index in [2.05, 4.69) is 11.3 Å². The van der Waals surface area contributed by atoms with Crippen LogP contribution < -0.4 is 0 Å². The first-order valence-corrected chi connectivity index (χ1v) is 9.62. The quantitative estimate of drug-likeness (QED) is 0.350. The minimum atomic E-state index is -0.533. The number of aldehydes is 1. The lowest BCUT2D eigenvalue weighted by Gasteiger charge is -2.40. The normalized spacial score (nSPS) is 18.5. The summed E-state index contributed by atoms with van der Waals surface area (Å²) >= 11 is 3.34. The van der Waals surface area contributed by atoms with Crippen molar-refractivity contribution in [2.45, 2.75) is 36.9 Å². The van der Waals surface area contributed by atoms with E-state index in [1.54, 1.807) is 36.5 Å². The second-order valence-corrected chi connectivity index (χ2v) is 8.57. The molecule has 0 radical (unpaired) electrons. The molecule has 1 aliphatic rings. The molecule has 7 heteroatoms. The van der Waals surface area contributed by atoms with Gasteiger partial charge >= 0.3 is 5.97 Å². The number of rotatable bonds is 9. The van der Waals surface area contributed by atoms with Gasteiger partial charge in [0, 0.05) is 6.42 Å². The third-order valence-electron chi connectivity index (χ3n) is 3.65. The van der Waals surface area contributed by atoms with Crippen LogP contribution in [0.5, 0.6) is 0 Å². The number of carbonyl (C=O) groups excluding carboxylic acids is 3. The van der Waals surface area contributed by atoms with Crippen molar-refractivity contribution in [1.82, 2.24) is 0 Å². The minimum absolute atomic E-state index is 0.0131. The standard InChI is InChI=1S/C17H24O5S2/c1-12(14(3)19)10-15(22-11-13(2)16(20)21-4)17(6-7-18)23-8-5-9-24-17/h7,10,15H,2,5-6,8-9,11H2,1,3-4H3/b12-10+. The number of esters is 1. The summed E-state index contributed by atoms with van der Waals surface area (Å²) in [6.45, 7) is 6.85. The average Bonchev–Trinajstić information content (AvgIpc) is 2.58. The smallest absolute Gasteiger partial charge is 0.335 e. The largest absolute Gasteiger partial charge is 0.466 e. The summed E-state index contributed by atoms with van der Waals surface area (Å²) in [5.41, 5.74) is 0.768. The highest BCUT2D eigenvalue weighted by Gasteiger charge is 2.41. The van der Waals surface area contributed by atoms with Crippen molar-refractivity contribution in [2.24, 2.45) is 0 Å². The van der Waals surface area contributed by atoms with Gasteiger partial charge in [-0.3, -0.25) is 4.79 Å². The molecule has 0 bridgehead atoms. The third-order valence-corrected chi connectivity index (χ3v) is 7.12. The summed E-state index contributed by atoms with van der Waals surface area (Å²) in [5, 5.41) is 0. The van der Waals surface area contributed by atoms with Gasteiger partial charge in [0.1, 0.15) is 12.4 Å². The van der Waals surface area contributed by atoms with Crippen LogP contribution in [0.25, 0.3) is 0 Å². The number of carbonyl (C=O) groups is 3. The average molecular weight is 373 g/mol. The third kappa shape index (κ3) is 5.79. The molecular formula is C17H24O5S2. The summed E-state index contributed by atoms with van der Waals surface area (Å²) in [5.74, 6) is 1.26. The highest BCUT2D eigenvalue weighted by Crippen LogP contribution is 2.48. The molecule has 1 rings (SSSR count). The van der Waals surface area contributed by atoms with E-state index in [1.165, 1.54) is 14.0 Å². The van der Waals surface area contributed by atoms with Crippen LogP contribution in [0.15, 0.2) is 23.8 Å². The maximum absolute atomic E-state index is 11.6. The Balaban J connectivity index is 3.04. The molecule has 1 unspecified atom stereocenters. The Kier molecular flexibility index (Phi) is 8.80. The number of hydrogen-bond acceptors (Lipinski definition) is 7. The maximum Gasteiger partial charge on any atom is 0.335 e. The summed E-state index contributed by atoms with van der Waals surface area (Å²) in [6.07, 6.45) is 3.52. The number of ether oxygens (including phenoxy) is 2. The molecule has 1 saturated heterocycles. The molecule has 1 heterocycles. The molecule has 0 N–H and O–H groups in total. The Morgan fingerprint density at radius 2 is 1.92 bits per heavy atom. The van der Waals surface area contributed by atoms with Crippen molar-refractivity contribution in [1.29, 1.82) is 0 Å². The van der Waals surface area contributed by atoms with Crippen LogP contribution in [0.1, 0.15) is 26.7 Å². The summed E-state index contributed by atoms with van der Waals surface area (Å²) in [6, 6.07) is 0. The van der Waals surface area contributed by atoms with Crippen LogP contribution in [0.2, 0.25) is 0 Å². The lowest BCUT2D eigenvalue weighted by atomic mass is 10.1. The van der Waals surface area contributed by atoms with Crippen molar-refractivity contribution in [3.8, 4) is 0 Å².